The van der Waals surface area contributed by atoms with Crippen molar-refractivity contribution in [1.82, 2.24) is 14.9 Å². The smallest absolute Gasteiger partial charge is 0.263 e. The first-order valence-electron chi connectivity index (χ1n) is 5.52. The SMILES string of the molecule is COc1c(I)cc(I)cc1/C=N/Nc1nnc(C)n1N. The lowest BCUT2D eigenvalue weighted by Crippen LogP contribution is -2.13. The molecule has 0 radical (unpaired) electrons. The summed E-state index contributed by atoms with van der Waals surface area (Å²) in [6.45, 7) is 1.76. The van der Waals surface area contributed by atoms with Gasteiger partial charge in [-0.15, -0.1) is 10.2 Å². The van der Waals surface area contributed by atoms with E-state index in [0.29, 0.717) is 11.8 Å². The van der Waals surface area contributed by atoms with Gasteiger partial charge in [0, 0.05) is 9.13 Å². The molecule has 0 aliphatic rings. The number of methoxy groups -OCH3 is 1. The molecule has 1 aromatic heterocycles. The van der Waals surface area contributed by atoms with Crippen LogP contribution in [0.2, 0.25) is 0 Å². The Balaban J connectivity index is 2.21. The van der Waals surface area contributed by atoms with Crippen molar-refractivity contribution in [2.45, 2.75) is 6.92 Å². The summed E-state index contributed by atoms with van der Waals surface area (Å²) in [5, 5.41) is 11.8. The summed E-state index contributed by atoms with van der Waals surface area (Å²) in [4.78, 5) is 0. The number of benzene rings is 1. The monoisotopic (exact) mass is 498 g/mol. The standard InChI is InChI=1S/C11H12I2N6O/c1-6-16-18-11(19(6)14)17-15-5-7-3-8(12)4-9(13)10(7)20-2/h3-5H,14H2,1-2H3,(H,17,18)/b15-5+. The van der Waals surface area contributed by atoms with Crippen LogP contribution in [0.15, 0.2) is 17.2 Å². The molecule has 20 heavy (non-hydrogen) atoms. The Morgan fingerprint density at radius 1 is 1.40 bits per heavy atom. The molecule has 2 aromatic rings. The molecule has 7 nitrogen and oxygen atoms in total. The van der Waals surface area contributed by atoms with Gasteiger partial charge in [0.15, 0.2) is 5.82 Å². The zero-order chi connectivity index (χ0) is 14.7. The molecule has 0 atom stereocenters. The molecule has 0 unspecified atom stereocenters. The lowest BCUT2D eigenvalue weighted by molar-refractivity contribution is 0.411. The zero-order valence-corrected chi connectivity index (χ0v) is 15.1. The number of nitrogens with two attached hydrogens (primary N) is 1. The third kappa shape index (κ3) is 3.31. The maximum atomic E-state index is 5.71. The molecule has 9 heteroatoms. The summed E-state index contributed by atoms with van der Waals surface area (Å²) in [6.07, 6.45) is 1.66. The van der Waals surface area contributed by atoms with E-state index in [9.17, 15) is 0 Å². The van der Waals surface area contributed by atoms with Gasteiger partial charge >= 0.3 is 0 Å². The number of hydrogen-bond donors (Lipinski definition) is 2. The number of aryl methyl sites for hydroxylation is 1. The van der Waals surface area contributed by atoms with Crippen molar-refractivity contribution in [1.29, 1.82) is 0 Å². The fourth-order valence-corrected chi connectivity index (χ4v) is 3.61. The van der Waals surface area contributed by atoms with E-state index in [-0.39, 0.29) is 0 Å². The Labute approximate surface area is 143 Å². The van der Waals surface area contributed by atoms with E-state index in [1.165, 1.54) is 4.68 Å². The number of aromatic nitrogens is 3. The van der Waals surface area contributed by atoms with Gasteiger partial charge in [0.1, 0.15) is 5.75 Å². The maximum absolute atomic E-state index is 5.71. The highest BCUT2D eigenvalue weighted by molar-refractivity contribution is 14.1. The summed E-state index contributed by atoms with van der Waals surface area (Å²) < 4.78 is 8.83. The number of anilines is 1. The van der Waals surface area contributed by atoms with Crippen molar-refractivity contribution in [3.63, 3.8) is 0 Å². The number of hydrazone groups is 1. The third-order valence-corrected chi connectivity index (χ3v) is 3.90. The van der Waals surface area contributed by atoms with Gasteiger partial charge in [0.05, 0.1) is 16.9 Å². The number of nitrogens with one attached hydrogen (secondary N) is 1. The Morgan fingerprint density at radius 3 is 2.75 bits per heavy atom. The van der Waals surface area contributed by atoms with Gasteiger partial charge in [0.25, 0.3) is 5.95 Å². The number of ether oxygens (including phenoxy) is 1. The number of hydrogen-bond acceptors (Lipinski definition) is 6. The average molecular weight is 498 g/mol. The van der Waals surface area contributed by atoms with Crippen LogP contribution < -0.4 is 16.0 Å². The van der Waals surface area contributed by atoms with E-state index < -0.39 is 0 Å². The lowest BCUT2D eigenvalue weighted by Gasteiger charge is -2.07. The minimum absolute atomic E-state index is 0.373. The molecule has 0 aliphatic carbocycles. The molecule has 0 amide bonds. The first-order chi connectivity index (χ1) is 9.52. The van der Waals surface area contributed by atoms with Crippen LogP contribution in [0, 0.1) is 14.1 Å². The maximum Gasteiger partial charge on any atom is 0.263 e. The van der Waals surface area contributed by atoms with Crippen LogP contribution in [0.1, 0.15) is 11.4 Å². The first-order valence-corrected chi connectivity index (χ1v) is 7.68. The molecule has 3 N–H and O–H groups in total. The molecule has 2 rings (SSSR count). The zero-order valence-electron chi connectivity index (χ0n) is 10.8. The van der Waals surface area contributed by atoms with Crippen molar-refractivity contribution < 1.29 is 4.74 Å². The third-order valence-electron chi connectivity index (χ3n) is 2.48. The van der Waals surface area contributed by atoms with E-state index in [1.807, 2.05) is 12.1 Å². The summed E-state index contributed by atoms with van der Waals surface area (Å²) in [6, 6.07) is 4.01. The van der Waals surface area contributed by atoms with Crippen LogP contribution >= 0.6 is 45.2 Å². The van der Waals surface area contributed by atoms with Crippen molar-refractivity contribution in [2.75, 3.05) is 18.4 Å². The van der Waals surface area contributed by atoms with E-state index in [4.69, 9.17) is 10.6 Å². The van der Waals surface area contributed by atoms with Gasteiger partial charge in [0.2, 0.25) is 0 Å². The molecule has 0 fully saturated rings. The molecule has 1 aromatic carbocycles. The van der Waals surface area contributed by atoms with Gasteiger partial charge in [-0.05, 0) is 64.2 Å². The fraction of sp³-hybridized carbons (Fsp3) is 0.182. The highest BCUT2D eigenvalue weighted by Gasteiger charge is 2.08. The molecule has 0 spiro atoms. The van der Waals surface area contributed by atoms with Crippen LogP contribution in [0.3, 0.4) is 0 Å². The van der Waals surface area contributed by atoms with Crippen molar-refractivity contribution in [3.8, 4) is 5.75 Å². The van der Waals surface area contributed by atoms with Crippen LogP contribution in [0.4, 0.5) is 5.95 Å². The minimum Gasteiger partial charge on any atom is -0.495 e. The van der Waals surface area contributed by atoms with Crippen molar-refractivity contribution in [2.24, 2.45) is 5.10 Å². The Bertz CT molecular complexity index is 655. The van der Waals surface area contributed by atoms with E-state index in [2.05, 4.69) is 65.9 Å². The molecule has 106 valence electrons. The van der Waals surface area contributed by atoms with Crippen LogP contribution in [0.25, 0.3) is 0 Å². The van der Waals surface area contributed by atoms with Crippen LogP contribution in [-0.4, -0.2) is 28.2 Å². The number of rotatable bonds is 4. The quantitative estimate of drug-likeness (QED) is 0.292. The predicted molar refractivity (Wildman–Crippen MR) is 94.6 cm³/mol. The molecule has 0 bridgehead atoms. The normalized spacial score (nSPS) is 11.0. The number of nitrogens with zero attached hydrogens (tertiary/aromatic N) is 4. The van der Waals surface area contributed by atoms with Gasteiger partial charge in [-0.2, -0.15) is 5.10 Å². The summed E-state index contributed by atoms with van der Waals surface area (Å²) in [7, 11) is 1.63. The molecular weight excluding hydrogens is 486 g/mol. The summed E-state index contributed by atoms with van der Waals surface area (Å²) >= 11 is 4.47. The Kier molecular flexibility index (Phi) is 5.01. The largest absolute Gasteiger partial charge is 0.495 e. The minimum atomic E-state index is 0.373. The predicted octanol–water partition coefficient (Wildman–Crippen LogP) is 1.96. The topological polar surface area (TPSA) is 90.3 Å². The van der Waals surface area contributed by atoms with Crippen molar-refractivity contribution in [3.05, 3.63) is 30.7 Å². The van der Waals surface area contributed by atoms with Gasteiger partial charge < -0.3 is 10.6 Å². The summed E-state index contributed by atoms with van der Waals surface area (Å²) in [5.41, 5.74) is 3.62. The lowest BCUT2D eigenvalue weighted by atomic mass is 10.2. The van der Waals surface area contributed by atoms with E-state index in [0.717, 1.165) is 18.5 Å². The van der Waals surface area contributed by atoms with Crippen LogP contribution in [0.5, 0.6) is 5.75 Å². The summed E-state index contributed by atoms with van der Waals surface area (Å²) in [5.74, 6) is 7.47. The molecule has 0 aliphatic heterocycles. The second-order valence-electron chi connectivity index (χ2n) is 3.82. The average Bonchev–Trinajstić information content (AvgIpc) is 2.70. The Morgan fingerprint density at radius 2 is 2.15 bits per heavy atom. The van der Waals surface area contributed by atoms with Gasteiger partial charge in [-0.1, -0.05) is 0 Å². The second kappa shape index (κ2) is 6.56. The van der Waals surface area contributed by atoms with Gasteiger partial charge in [-0.3, -0.25) is 0 Å². The number of halogens is 2. The van der Waals surface area contributed by atoms with E-state index in [1.54, 1.807) is 20.2 Å². The molecular formula is C11H12I2N6O. The number of nitrogen functional groups attached to an aromatic ring is 1. The van der Waals surface area contributed by atoms with Crippen molar-refractivity contribution >= 4 is 57.3 Å². The first kappa shape index (κ1) is 15.3. The highest BCUT2D eigenvalue weighted by atomic mass is 127. The fourth-order valence-electron chi connectivity index (χ4n) is 1.50. The van der Waals surface area contributed by atoms with Gasteiger partial charge in [-0.25, -0.2) is 10.1 Å². The molecule has 0 saturated heterocycles. The molecule has 1 heterocycles. The highest BCUT2D eigenvalue weighted by Crippen LogP contribution is 2.26. The van der Waals surface area contributed by atoms with Crippen LogP contribution in [-0.2, 0) is 0 Å². The molecule has 0 saturated carbocycles. The van der Waals surface area contributed by atoms with E-state index >= 15 is 0 Å². The second-order valence-corrected chi connectivity index (χ2v) is 6.23. The Hall–Kier alpha value is -1.11.